The number of H-pyrrole nitrogens is 1. The van der Waals surface area contributed by atoms with Gasteiger partial charge in [0, 0.05) is 54.9 Å². The first-order valence-electron chi connectivity index (χ1n) is 11.2. The number of ether oxygens (including phenoxy) is 1. The normalized spacial score (nSPS) is 19.8. The van der Waals surface area contributed by atoms with Crippen LogP contribution < -0.4 is 10.2 Å². The van der Waals surface area contributed by atoms with E-state index < -0.39 is 0 Å². The van der Waals surface area contributed by atoms with Gasteiger partial charge in [-0.3, -0.25) is 4.90 Å². The van der Waals surface area contributed by atoms with Gasteiger partial charge in [0.05, 0.1) is 18.6 Å². The lowest BCUT2D eigenvalue weighted by Crippen LogP contribution is -2.35. The molecule has 9 heteroatoms. The summed E-state index contributed by atoms with van der Waals surface area (Å²) < 4.78 is 5.44. The van der Waals surface area contributed by atoms with Gasteiger partial charge in [0.15, 0.2) is 0 Å². The second kappa shape index (κ2) is 9.66. The maximum absolute atomic E-state index is 5.44. The minimum Gasteiger partial charge on any atom is -0.379 e. The highest BCUT2D eigenvalue weighted by atomic mass is 32.2. The molecule has 2 saturated heterocycles. The van der Waals surface area contributed by atoms with Crippen LogP contribution in [0.3, 0.4) is 0 Å². The molecule has 0 amide bonds. The number of nitrogens with zero attached hydrogens (tertiary/aromatic N) is 5. The van der Waals surface area contributed by atoms with Crippen LogP contribution in [0.15, 0.2) is 41.4 Å². The molecular formula is C23H31N7OS. The van der Waals surface area contributed by atoms with Crippen LogP contribution in [0.4, 0.5) is 17.5 Å². The number of fused-ring (bicyclic) bond motifs is 1. The van der Waals surface area contributed by atoms with Crippen molar-refractivity contribution in [2.24, 2.45) is 0 Å². The summed E-state index contributed by atoms with van der Waals surface area (Å²) in [7, 11) is 4.30. The third-order valence-corrected chi connectivity index (χ3v) is 7.28. The summed E-state index contributed by atoms with van der Waals surface area (Å²) >= 11 is 1.85. The number of aromatic amines is 1. The molecular weight excluding hydrogens is 422 g/mol. The third-order valence-electron chi connectivity index (χ3n) is 6.20. The van der Waals surface area contributed by atoms with Gasteiger partial charge in [0.2, 0.25) is 5.95 Å². The van der Waals surface area contributed by atoms with E-state index in [0.29, 0.717) is 12.0 Å². The van der Waals surface area contributed by atoms with Gasteiger partial charge in [0.1, 0.15) is 11.5 Å². The first-order valence-corrected chi connectivity index (χ1v) is 12.2. The Kier molecular flexibility index (Phi) is 6.49. The standard InChI is InChI=1S/C23H31N7OS/c1-28(2)18-7-9-30(15-18)22-20-6-8-24-21(20)26-23(27-22)25-17-4-3-5-19(14-17)32-16-29-10-12-31-13-11-29/h3-6,8,14,18H,7,9-13,15-16H2,1-2H3,(H2,24,25,26,27)/t18-/m1/s1. The van der Waals surface area contributed by atoms with Crippen molar-refractivity contribution in [3.8, 4) is 0 Å². The van der Waals surface area contributed by atoms with Crippen LogP contribution in [0.25, 0.3) is 11.0 Å². The Morgan fingerprint density at radius 3 is 2.88 bits per heavy atom. The zero-order chi connectivity index (χ0) is 21.9. The van der Waals surface area contributed by atoms with E-state index in [1.54, 1.807) is 0 Å². The van der Waals surface area contributed by atoms with Crippen molar-refractivity contribution in [2.75, 3.05) is 69.6 Å². The summed E-state index contributed by atoms with van der Waals surface area (Å²) in [5, 5.41) is 4.51. The van der Waals surface area contributed by atoms with Crippen LogP contribution in [0.5, 0.6) is 0 Å². The summed E-state index contributed by atoms with van der Waals surface area (Å²) in [6.45, 7) is 5.65. The number of aromatic nitrogens is 3. The number of hydrogen-bond acceptors (Lipinski definition) is 8. The second-order valence-corrected chi connectivity index (χ2v) is 9.64. The van der Waals surface area contributed by atoms with Crippen LogP contribution in [0.1, 0.15) is 6.42 Å². The number of rotatable bonds is 7. The fourth-order valence-corrected chi connectivity index (χ4v) is 5.24. The molecule has 4 heterocycles. The number of benzene rings is 1. The van der Waals surface area contributed by atoms with Gasteiger partial charge < -0.3 is 24.8 Å². The number of hydrogen-bond donors (Lipinski definition) is 2. The molecule has 1 atom stereocenters. The molecule has 2 aliphatic rings. The fraction of sp³-hybridized carbons (Fsp3) is 0.478. The van der Waals surface area contributed by atoms with Crippen LogP contribution in [0, 0.1) is 0 Å². The molecule has 0 unspecified atom stereocenters. The number of morpholine rings is 1. The molecule has 8 nitrogen and oxygen atoms in total. The lowest BCUT2D eigenvalue weighted by Gasteiger charge is -2.26. The topological polar surface area (TPSA) is 72.6 Å². The molecule has 0 saturated carbocycles. The number of likely N-dealkylation sites (N-methyl/N-ethyl adjacent to an activating group) is 1. The van der Waals surface area contributed by atoms with E-state index in [9.17, 15) is 0 Å². The smallest absolute Gasteiger partial charge is 0.231 e. The van der Waals surface area contributed by atoms with Crippen LogP contribution in [-0.2, 0) is 4.74 Å². The molecule has 3 aromatic rings. The van der Waals surface area contributed by atoms with Gasteiger partial charge in [0.25, 0.3) is 0 Å². The minimum absolute atomic E-state index is 0.551. The van der Waals surface area contributed by atoms with E-state index >= 15 is 0 Å². The largest absolute Gasteiger partial charge is 0.379 e. The zero-order valence-electron chi connectivity index (χ0n) is 18.8. The van der Waals surface area contributed by atoms with E-state index in [-0.39, 0.29) is 0 Å². The van der Waals surface area contributed by atoms with Gasteiger partial charge in [-0.15, -0.1) is 11.8 Å². The fourth-order valence-electron chi connectivity index (χ4n) is 4.27. The van der Waals surface area contributed by atoms with E-state index in [0.717, 1.165) is 74.2 Å². The molecule has 0 bridgehead atoms. The average molecular weight is 454 g/mol. The Morgan fingerprint density at radius 1 is 1.19 bits per heavy atom. The van der Waals surface area contributed by atoms with E-state index in [1.165, 1.54) is 4.90 Å². The molecule has 0 radical (unpaired) electrons. The summed E-state index contributed by atoms with van der Waals surface area (Å²) in [6.07, 6.45) is 3.09. The number of thioether (sulfide) groups is 1. The predicted molar refractivity (Wildman–Crippen MR) is 131 cm³/mol. The molecule has 2 aliphatic heterocycles. The van der Waals surface area contributed by atoms with Crippen molar-refractivity contribution in [3.63, 3.8) is 0 Å². The first kappa shape index (κ1) is 21.5. The van der Waals surface area contributed by atoms with Crippen molar-refractivity contribution in [2.45, 2.75) is 17.4 Å². The predicted octanol–water partition coefficient (Wildman–Crippen LogP) is 3.22. The maximum Gasteiger partial charge on any atom is 0.231 e. The maximum atomic E-state index is 5.44. The van der Waals surface area contributed by atoms with Gasteiger partial charge in [-0.25, -0.2) is 0 Å². The van der Waals surface area contributed by atoms with Crippen LogP contribution >= 0.6 is 11.8 Å². The Hall–Kier alpha value is -2.33. The minimum atomic E-state index is 0.551. The van der Waals surface area contributed by atoms with Crippen molar-refractivity contribution < 1.29 is 4.74 Å². The molecule has 1 aromatic carbocycles. The monoisotopic (exact) mass is 453 g/mol. The van der Waals surface area contributed by atoms with Crippen LogP contribution in [0.2, 0.25) is 0 Å². The summed E-state index contributed by atoms with van der Waals surface area (Å²) in [4.78, 5) is 21.3. The van der Waals surface area contributed by atoms with Crippen molar-refractivity contribution >= 4 is 40.2 Å². The molecule has 5 rings (SSSR count). The van der Waals surface area contributed by atoms with E-state index in [1.807, 2.05) is 18.0 Å². The SMILES string of the molecule is CN(C)[C@@H]1CCN(c2nc(Nc3cccc(SCN4CCOCC4)c3)nc3[nH]ccc23)C1. The Bertz CT molecular complexity index is 1050. The van der Waals surface area contributed by atoms with Gasteiger partial charge in [-0.2, -0.15) is 9.97 Å². The lowest BCUT2D eigenvalue weighted by atomic mass is 10.2. The molecule has 0 aliphatic carbocycles. The highest BCUT2D eigenvalue weighted by molar-refractivity contribution is 7.99. The highest BCUT2D eigenvalue weighted by Crippen LogP contribution is 2.30. The third kappa shape index (κ3) is 4.85. The summed E-state index contributed by atoms with van der Waals surface area (Å²) in [5.41, 5.74) is 1.87. The Morgan fingerprint density at radius 2 is 2.06 bits per heavy atom. The molecule has 170 valence electrons. The van der Waals surface area contributed by atoms with Crippen molar-refractivity contribution in [3.05, 3.63) is 36.5 Å². The first-order chi connectivity index (χ1) is 15.7. The van der Waals surface area contributed by atoms with E-state index in [4.69, 9.17) is 14.7 Å². The summed E-state index contributed by atoms with van der Waals surface area (Å²) in [5.74, 6) is 2.60. The quantitative estimate of drug-likeness (QED) is 0.529. The van der Waals surface area contributed by atoms with Gasteiger partial charge in [-0.1, -0.05) is 6.07 Å². The van der Waals surface area contributed by atoms with Crippen molar-refractivity contribution in [1.82, 2.24) is 24.8 Å². The number of nitrogens with one attached hydrogen (secondary N) is 2. The van der Waals surface area contributed by atoms with Gasteiger partial charge in [-0.05, 0) is 44.8 Å². The average Bonchev–Trinajstić information content (AvgIpc) is 3.48. The Balaban J connectivity index is 1.32. The highest BCUT2D eigenvalue weighted by Gasteiger charge is 2.27. The Labute approximate surface area is 193 Å². The molecule has 0 spiro atoms. The molecule has 2 aromatic heterocycles. The molecule has 2 N–H and O–H groups in total. The molecule has 32 heavy (non-hydrogen) atoms. The van der Waals surface area contributed by atoms with E-state index in [2.05, 4.69) is 69.4 Å². The molecule has 2 fully saturated rings. The zero-order valence-corrected chi connectivity index (χ0v) is 19.6. The number of anilines is 3. The van der Waals surface area contributed by atoms with Crippen molar-refractivity contribution in [1.29, 1.82) is 0 Å². The second-order valence-electron chi connectivity index (χ2n) is 8.62. The van der Waals surface area contributed by atoms with Gasteiger partial charge >= 0.3 is 0 Å². The van der Waals surface area contributed by atoms with Crippen LogP contribution in [-0.4, -0.2) is 90.2 Å². The lowest BCUT2D eigenvalue weighted by molar-refractivity contribution is 0.0474. The summed E-state index contributed by atoms with van der Waals surface area (Å²) in [6, 6.07) is 11.1.